The van der Waals surface area contributed by atoms with Gasteiger partial charge in [0.2, 0.25) is 0 Å². The fourth-order valence-corrected chi connectivity index (χ4v) is 2.63. The third-order valence-corrected chi connectivity index (χ3v) is 3.87. The van der Waals surface area contributed by atoms with E-state index in [1.807, 2.05) is 0 Å². The van der Waals surface area contributed by atoms with E-state index in [2.05, 4.69) is 4.74 Å². The fourth-order valence-electron chi connectivity index (χ4n) is 2.63. The smallest absolute Gasteiger partial charge is 0.340 e. The molecule has 154 valence electrons. The van der Waals surface area contributed by atoms with Gasteiger partial charge in [-0.15, -0.1) is 0 Å². The SMILES string of the molecule is COC(=O)c1cc(C(=O)OC(C)(C)C)cc(-c2cc(O)cc(C(=O)OC)c2N)c1. The number of hydrogen-bond acceptors (Lipinski definition) is 8. The van der Waals surface area contributed by atoms with Gasteiger partial charge >= 0.3 is 17.9 Å². The molecular weight excluding hydrogens is 378 g/mol. The number of nitrogen functional groups attached to an aromatic ring is 1. The first kappa shape index (κ1) is 21.7. The molecule has 0 radical (unpaired) electrons. The molecule has 0 aliphatic rings. The number of phenolic OH excluding ortho intramolecular Hbond substituents is 1. The molecule has 0 atom stereocenters. The lowest BCUT2D eigenvalue weighted by atomic mass is 9.96. The van der Waals surface area contributed by atoms with Gasteiger partial charge in [0.1, 0.15) is 11.4 Å². The summed E-state index contributed by atoms with van der Waals surface area (Å²) in [5.41, 5.74) is 6.03. The maximum Gasteiger partial charge on any atom is 0.340 e. The van der Waals surface area contributed by atoms with Crippen LogP contribution in [0, 0.1) is 0 Å². The molecule has 0 bridgehead atoms. The molecule has 2 aromatic carbocycles. The number of hydrogen-bond donors (Lipinski definition) is 2. The van der Waals surface area contributed by atoms with Crippen LogP contribution in [0.2, 0.25) is 0 Å². The largest absolute Gasteiger partial charge is 0.508 e. The van der Waals surface area contributed by atoms with Gasteiger partial charge in [0.25, 0.3) is 0 Å². The molecule has 0 fully saturated rings. The predicted molar refractivity (Wildman–Crippen MR) is 106 cm³/mol. The van der Waals surface area contributed by atoms with Gasteiger partial charge in [-0.25, -0.2) is 14.4 Å². The van der Waals surface area contributed by atoms with Gasteiger partial charge in [-0.1, -0.05) is 0 Å². The van der Waals surface area contributed by atoms with Crippen LogP contribution in [-0.4, -0.2) is 42.8 Å². The van der Waals surface area contributed by atoms with Crippen LogP contribution in [0.15, 0.2) is 30.3 Å². The van der Waals surface area contributed by atoms with Crippen molar-refractivity contribution in [3.8, 4) is 16.9 Å². The van der Waals surface area contributed by atoms with Gasteiger partial charge in [-0.3, -0.25) is 0 Å². The Labute approximate surface area is 168 Å². The molecule has 0 saturated carbocycles. The fraction of sp³-hybridized carbons (Fsp3) is 0.286. The molecule has 8 nitrogen and oxygen atoms in total. The highest BCUT2D eigenvalue weighted by Crippen LogP contribution is 2.34. The molecule has 2 rings (SSSR count). The number of benzene rings is 2. The van der Waals surface area contributed by atoms with Gasteiger partial charge < -0.3 is 25.1 Å². The Kier molecular flexibility index (Phi) is 6.16. The summed E-state index contributed by atoms with van der Waals surface area (Å²) >= 11 is 0. The molecule has 0 saturated heterocycles. The number of phenols is 1. The standard InChI is InChI=1S/C21H23NO7/c1-21(2,3)29-19(25)13-7-11(6-12(8-13)18(24)27-4)15-9-14(23)10-16(17(15)22)20(26)28-5/h6-10,23H,22H2,1-5H3. The van der Waals surface area contributed by atoms with Crippen LogP contribution >= 0.6 is 0 Å². The Morgan fingerprint density at radius 3 is 1.93 bits per heavy atom. The zero-order chi connectivity index (χ0) is 21.9. The molecule has 0 aliphatic carbocycles. The minimum atomic E-state index is -0.749. The van der Waals surface area contributed by atoms with Crippen LogP contribution in [0.4, 0.5) is 5.69 Å². The maximum absolute atomic E-state index is 12.6. The average molecular weight is 401 g/mol. The van der Waals surface area contributed by atoms with E-state index in [0.29, 0.717) is 5.56 Å². The summed E-state index contributed by atoms with van der Waals surface area (Å²) in [6.07, 6.45) is 0. The van der Waals surface area contributed by atoms with Crippen molar-refractivity contribution >= 4 is 23.6 Å². The van der Waals surface area contributed by atoms with Crippen molar-refractivity contribution in [2.45, 2.75) is 26.4 Å². The van der Waals surface area contributed by atoms with Crippen molar-refractivity contribution in [2.24, 2.45) is 0 Å². The van der Waals surface area contributed by atoms with E-state index in [4.69, 9.17) is 15.2 Å². The lowest BCUT2D eigenvalue weighted by molar-refractivity contribution is 0.00693. The minimum absolute atomic E-state index is 0.0202. The van der Waals surface area contributed by atoms with Crippen LogP contribution in [-0.2, 0) is 14.2 Å². The molecule has 29 heavy (non-hydrogen) atoms. The Morgan fingerprint density at radius 1 is 0.862 bits per heavy atom. The first-order valence-corrected chi connectivity index (χ1v) is 8.64. The lowest BCUT2D eigenvalue weighted by Gasteiger charge is -2.20. The molecule has 0 spiro atoms. The summed E-state index contributed by atoms with van der Waals surface area (Å²) in [7, 11) is 2.39. The van der Waals surface area contributed by atoms with Crippen molar-refractivity contribution in [1.29, 1.82) is 0 Å². The van der Waals surface area contributed by atoms with Crippen LogP contribution in [0.3, 0.4) is 0 Å². The lowest BCUT2D eigenvalue weighted by Crippen LogP contribution is -2.24. The zero-order valence-corrected chi connectivity index (χ0v) is 16.9. The number of esters is 3. The highest BCUT2D eigenvalue weighted by molar-refractivity contribution is 6.02. The number of aromatic hydroxyl groups is 1. The average Bonchev–Trinajstić information content (AvgIpc) is 2.66. The Morgan fingerprint density at radius 2 is 1.41 bits per heavy atom. The number of nitrogens with two attached hydrogens (primary N) is 1. The van der Waals surface area contributed by atoms with Crippen molar-refractivity contribution in [3.05, 3.63) is 47.0 Å². The summed E-state index contributed by atoms with van der Waals surface area (Å²) < 4.78 is 14.8. The van der Waals surface area contributed by atoms with Gasteiger partial charge in [0.15, 0.2) is 0 Å². The van der Waals surface area contributed by atoms with E-state index in [1.165, 1.54) is 44.6 Å². The molecule has 3 N–H and O–H groups in total. The van der Waals surface area contributed by atoms with Crippen molar-refractivity contribution in [3.63, 3.8) is 0 Å². The summed E-state index contributed by atoms with van der Waals surface area (Å²) in [5, 5.41) is 10.0. The number of methoxy groups -OCH3 is 2. The van der Waals surface area contributed by atoms with E-state index in [1.54, 1.807) is 20.8 Å². The van der Waals surface area contributed by atoms with Gasteiger partial charge in [0, 0.05) is 5.56 Å². The second-order valence-electron chi connectivity index (χ2n) is 7.24. The topological polar surface area (TPSA) is 125 Å². The van der Waals surface area contributed by atoms with E-state index in [9.17, 15) is 19.5 Å². The minimum Gasteiger partial charge on any atom is -0.508 e. The number of carbonyl (C=O) groups excluding carboxylic acids is 3. The highest BCUT2D eigenvalue weighted by Gasteiger charge is 2.22. The highest BCUT2D eigenvalue weighted by atomic mass is 16.6. The molecule has 0 unspecified atom stereocenters. The number of rotatable bonds is 4. The Bertz CT molecular complexity index is 974. The zero-order valence-electron chi connectivity index (χ0n) is 16.9. The molecule has 2 aromatic rings. The molecule has 0 amide bonds. The second kappa shape index (κ2) is 8.22. The van der Waals surface area contributed by atoms with Crippen LogP contribution < -0.4 is 5.73 Å². The molecule has 8 heteroatoms. The number of carbonyl (C=O) groups is 3. The van der Waals surface area contributed by atoms with E-state index < -0.39 is 23.5 Å². The van der Waals surface area contributed by atoms with E-state index >= 15 is 0 Å². The first-order chi connectivity index (χ1) is 13.5. The monoisotopic (exact) mass is 401 g/mol. The van der Waals surface area contributed by atoms with Gasteiger partial charge in [-0.05, 0) is 56.7 Å². The third-order valence-electron chi connectivity index (χ3n) is 3.87. The summed E-state index contributed by atoms with van der Waals surface area (Å²) in [4.78, 5) is 36.6. The number of ether oxygens (including phenoxy) is 3. The van der Waals surface area contributed by atoms with Crippen LogP contribution in [0.25, 0.3) is 11.1 Å². The summed E-state index contributed by atoms with van der Waals surface area (Å²) in [5.74, 6) is -2.31. The molecule has 0 heterocycles. The van der Waals surface area contributed by atoms with Gasteiger partial charge in [-0.2, -0.15) is 0 Å². The first-order valence-electron chi connectivity index (χ1n) is 8.64. The molecular formula is C21H23NO7. The van der Waals surface area contributed by atoms with Crippen molar-refractivity contribution in [1.82, 2.24) is 0 Å². The Hall–Kier alpha value is -3.55. The van der Waals surface area contributed by atoms with Crippen molar-refractivity contribution < 1.29 is 33.7 Å². The summed E-state index contributed by atoms with van der Waals surface area (Å²) in [6, 6.07) is 6.71. The molecule has 0 aliphatic heterocycles. The van der Waals surface area contributed by atoms with E-state index in [0.717, 1.165) is 0 Å². The quantitative estimate of drug-likeness (QED) is 0.346. The van der Waals surface area contributed by atoms with Crippen molar-refractivity contribution in [2.75, 3.05) is 20.0 Å². The van der Waals surface area contributed by atoms with E-state index in [-0.39, 0.29) is 33.7 Å². The van der Waals surface area contributed by atoms with Crippen LogP contribution in [0.1, 0.15) is 51.8 Å². The maximum atomic E-state index is 12.6. The summed E-state index contributed by atoms with van der Waals surface area (Å²) in [6.45, 7) is 5.14. The third kappa shape index (κ3) is 5.04. The normalized spacial score (nSPS) is 10.9. The van der Waals surface area contributed by atoms with Gasteiger partial charge in [0.05, 0.1) is 36.6 Å². The van der Waals surface area contributed by atoms with Crippen LogP contribution in [0.5, 0.6) is 5.75 Å². The number of anilines is 1. The second-order valence-corrected chi connectivity index (χ2v) is 7.24. The molecule has 0 aromatic heterocycles. The Balaban J connectivity index is 2.71. The predicted octanol–water partition coefficient (Wildman–Crippen LogP) is 3.17.